The second-order valence-electron chi connectivity index (χ2n) is 9.99. The van der Waals surface area contributed by atoms with Crippen LogP contribution >= 0.6 is 0 Å². The number of carbonyl (C=O) groups is 2. The van der Waals surface area contributed by atoms with E-state index in [-0.39, 0.29) is 22.0 Å². The maximum Gasteiger partial charge on any atom is 0.257 e. The van der Waals surface area contributed by atoms with Crippen LogP contribution < -0.4 is 10.2 Å². The lowest BCUT2D eigenvalue weighted by Gasteiger charge is -2.27. The van der Waals surface area contributed by atoms with Crippen molar-refractivity contribution >= 4 is 33.2 Å². The fraction of sp³-hybridized carbons (Fsp3) is 0.296. The van der Waals surface area contributed by atoms with Crippen LogP contribution in [-0.4, -0.2) is 40.7 Å². The molecule has 0 radical (unpaired) electrons. The molecule has 0 fully saturated rings. The first kappa shape index (κ1) is 27.7. The van der Waals surface area contributed by atoms with Crippen molar-refractivity contribution in [3.63, 3.8) is 0 Å². The van der Waals surface area contributed by atoms with Crippen molar-refractivity contribution in [3.8, 4) is 11.3 Å². The van der Waals surface area contributed by atoms with Crippen molar-refractivity contribution in [2.24, 2.45) is 10.2 Å². The zero-order valence-electron chi connectivity index (χ0n) is 22.3. The van der Waals surface area contributed by atoms with Gasteiger partial charge >= 0.3 is 0 Å². The highest BCUT2D eigenvalue weighted by molar-refractivity contribution is 7.95. The third-order valence-electron chi connectivity index (χ3n) is 5.74. The molecule has 4 rings (SSSR count). The van der Waals surface area contributed by atoms with Gasteiger partial charge in [0.1, 0.15) is 5.56 Å². The van der Waals surface area contributed by atoms with Crippen molar-refractivity contribution in [2.45, 2.75) is 58.0 Å². The summed E-state index contributed by atoms with van der Waals surface area (Å²) in [6, 6.07) is 14.9. The predicted molar refractivity (Wildman–Crippen MR) is 146 cm³/mol. The SMILES string of the molecule is CCCn1nc(N=NC2=C(O)N(C(C)=O)c3ccccc3S2(=O)=O)c(C(=O)NC(C)(C)C)c1-c1ccccc1. The highest BCUT2D eigenvalue weighted by Crippen LogP contribution is 2.39. The Bertz CT molecular complexity index is 1600. The second kappa shape index (κ2) is 10.4. The van der Waals surface area contributed by atoms with Gasteiger partial charge in [0.05, 0.1) is 16.3 Å². The highest BCUT2D eigenvalue weighted by Gasteiger charge is 2.39. The van der Waals surface area contributed by atoms with Gasteiger partial charge in [-0.1, -0.05) is 49.4 Å². The van der Waals surface area contributed by atoms with E-state index in [9.17, 15) is 23.1 Å². The van der Waals surface area contributed by atoms with Gasteiger partial charge < -0.3 is 10.4 Å². The molecule has 0 spiro atoms. The molecule has 12 heteroatoms. The molecule has 1 aromatic heterocycles. The number of hydrogen-bond donors (Lipinski definition) is 2. The minimum atomic E-state index is -4.36. The summed E-state index contributed by atoms with van der Waals surface area (Å²) in [5.74, 6) is -2.11. The number of fused-ring (bicyclic) bond motifs is 1. The van der Waals surface area contributed by atoms with Gasteiger partial charge in [-0.2, -0.15) is 0 Å². The molecule has 0 aliphatic carbocycles. The predicted octanol–water partition coefficient (Wildman–Crippen LogP) is 5.10. The Balaban J connectivity index is 1.94. The number of aliphatic hydroxyl groups is 1. The molecule has 2 heterocycles. The standard InChI is InChI=1S/C27H30N6O5S/c1-6-16-32-22(18-12-8-7-9-13-18)21(24(35)28-27(3,4)5)23(31-32)29-30-25-26(36)33(17(2)34)19-14-10-11-15-20(19)39(25,37)38/h7-15,36H,6,16H2,1-5H3,(H,28,35). The van der Waals surface area contributed by atoms with Gasteiger partial charge in [0.2, 0.25) is 32.5 Å². The van der Waals surface area contributed by atoms with E-state index >= 15 is 0 Å². The largest absolute Gasteiger partial charge is 0.492 e. The molecule has 0 saturated heterocycles. The van der Waals surface area contributed by atoms with Crippen LogP contribution in [0.2, 0.25) is 0 Å². The van der Waals surface area contributed by atoms with E-state index in [1.165, 1.54) is 25.1 Å². The average molecular weight is 551 g/mol. The number of anilines is 1. The zero-order valence-corrected chi connectivity index (χ0v) is 23.2. The maximum atomic E-state index is 13.5. The summed E-state index contributed by atoms with van der Waals surface area (Å²) in [4.78, 5) is 26.5. The quantitative estimate of drug-likeness (QED) is 0.408. The topological polar surface area (TPSA) is 146 Å². The van der Waals surface area contributed by atoms with Crippen molar-refractivity contribution < 1.29 is 23.1 Å². The monoisotopic (exact) mass is 550 g/mol. The summed E-state index contributed by atoms with van der Waals surface area (Å²) in [5, 5.41) is 25.4. The molecule has 11 nitrogen and oxygen atoms in total. The lowest BCUT2D eigenvalue weighted by atomic mass is 10.0. The number of nitrogens with one attached hydrogen (secondary N) is 1. The Morgan fingerprint density at radius 2 is 1.67 bits per heavy atom. The number of benzene rings is 2. The van der Waals surface area contributed by atoms with Crippen LogP contribution in [0.1, 0.15) is 51.4 Å². The number of carbonyl (C=O) groups excluding carboxylic acids is 2. The summed E-state index contributed by atoms with van der Waals surface area (Å²) in [6.07, 6.45) is 0.698. The zero-order chi connectivity index (χ0) is 28.5. The fourth-order valence-electron chi connectivity index (χ4n) is 4.21. The molecular formula is C27H30N6O5S. The van der Waals surface area contributed by atoms with Crippen molar-refractivity contribution in [2.75, 3.05) is 4.90 Å². The van der Waals surface area contributed by atoms with E-state index < -0.39 is 38.1 Å². The van der Waals surface area contributed by atoms with Crippen molar-refractivity contribution in [3.05, 3.63) is 71.1 Å². The molecular weight excluding hydrogens is 520 g/mol. The van der Waals surface area contributed by atoms with E-state index in [4.69, 9.17) is 0 Å². The lowest BCUT2D eigenvalue weighted by molar-refractivity contribution is -0.116. The van der Waals surface area contributed by atoms with Crippen LogP contribution in [-0.2, 0) is 21.2 Å². The van der Waals surface area contributed by atoms with Gasteiger partial charge in [0, 0.05) is 24.6 Å². The Hall–Kier alpha value is -4.32. The third-order valence-corrected chi connectivity index (χ3v) is 7.43. The van der Waals surface area contributed by atoms with Gasteiger partial charge in [0.25, 0.3) is 5.91 Å². The van der Waals surface area contributed by atoms with Crippen LogP contribution in [0.3, 0.4) is 0 Å². The molecule has 1 aliphatic rings. The molecule has 0 bridgehead atoms. The van der Waals surface area contributed by atoms with Crippen molar-refractivity contribution in [1.82, 2.24) is 15.1 Å². The minimum absolute atomic E-state index is 0.00489. The molecule has 2 aromatic carbocycles. The normalized spacial score (nSPS) is 14.9. The first-order chi connectivity index (χ1) is 18.4. The number of azo groups is 1. The first-order valence-corrected chi connectivity index (χ1v) is 13.8. The lowest BCUT2D eigenvalue weighted by Crippen LogP contribution is -2.40. The number of rotatable bonds is 6. The average Bonchev–Trinajstić information content (AvgIpc) is 3.21. The second-order valence-corrected chi connectivity index (χ2v) is 11.8. The highest BCUT2D eigenvalue weighted by atomic mass is 32.2. The number of aromatic nitrogens is 2. The van der Waals surface area contributed by atoms with E-state index in [1.54, 1.807) is 10.7 Å². The number of para-hydroxylation sites is 1. The summed E-state index contributed by atoms with van der Waals surface area (Å²) in [5.41, 5.74) is 0.721. The summed E-state index contributed by atoms with van der Waals surface area (Å²) in [7, 11) is -4.36. The van der Waals surface area contributed by atoms with Crippen LogP contribution in [0.25, 0.3) is 11.3 Å². The molecule has 0 saturated carbocycles. The number of aliphatic hydroxyl groups excluding tert-OH is 1. The molecule has 204 valence electrons. The minimum Gasteiger partial charge on any atom is -0.492 e. The number of hydrogen-bond acceptors (Lipinski definition) is 8. The van der Waals surface area contributed by atoms with Gasteiger partial charge in [-0.25, -0.2) is 13.3 Å². The third kappa shape index (κ3) is 5.32. The smallest absolute Gasteiger partial charge is 0.257 e. The van der Waals surface area contributed by atoms with Crippen molar-refractivity contribution in [1.29, 1.82) is 0 Å². The molecule has 2 amide bonds. The molecule has 39 heavy (non-hydrogen) atoms. The van der Waals surface area contributed by atoms with Crippen LogP contribution in [0.15, 0.2) is 80.6 Å². The molecule has 3 aromatic rings. The molecule has 0 unspecified atom stereocenters. The molecule has 2 N–H and O–H groups in total. The number of amides is 2. The Morgan fingerprint density at radius 1 is 1.03 bits per heavy atom. The van der Waals surface area contributed by atoms with Crippen LogP contribution in [0.4, 0.5) is 11.5 Å². The van der Waals surface area contributed by atoms with E-state index in [2.05, 4.69) is 20.6 Å². The number of nitrogens with zero attached hydrogens (tertiary/aromatic N) is 5. The van der Waals surface area contributed by atoms with Crippen LogP contribution in [0.5, 0.6) is 0 Å². The maximum absolute atomic E-state index is 13.5. The first-order valence-electron chi connectivity index (χ1n) is 12.4. The summed E-state index contributed by atoms with van der Waals surface area (Å²) < 4.78 is 28.4. The van der Waals surface area contributed by atoms with Gasteiger partial charge in [-0.05, 0) is 39.3 Å². The van der Waals surface area contributed by atoms with Gasteiger partial charge in [0.15, 0.2) is 0 Å². The van der Waals surface area contributed by atoms with E-state index in [1.807, 2.05) is 58.0 Å². The van der Waals surface area contributed by atoms with Gasteiger partial charge in [-0.15, -0.1) is 15.3 Å². The molecule has 0 atom stereocenters. The summed E-state index contributed by atoms with van der Waals surface area (Å²) >= 11 is 0. The van der Waals surface area contributed by atoms with E-state index in [0.717, 1.165) is 4.90 Å². The molecule has 1 aliphatic heterocycles. The summed E-state index contributed by atoms with van der Waals surface area (Å²) in [6.45, 7) is 9.08. The fourth-order valence-corrected chi connectivity index (χ4v) is 5.59. The Morgan fingerprint density at radius 3 is 2.28 bits per heavy atom. The Labute approximate surface area is 226 Å². The van der Waals surface area contributed by atoms with E-state index in [0.29, 0.717) is 24.2 Å². The number of aryl methyl sites for hydroxylation is 1. The number of sulfone groups is 1. The Kier molecular flexibility index (Phi) is 7.42. The van der Waals surface area contributed by atoms with Crippen LogP contribution in [0, 0.1) is 0 Å². The van der Waals surface area contributed by atoms with Gasteiger partial charge in [-0.3, -0.25) is 14.3 Å².